The molecular formula is C32H27FN6O3S2. The Labute approximate surface area is 261 Å². The number of hydrogen-bond acceptors (Lipinski definition) is 8. The fourth-order valence-electron chi connectivity index (χ4n) is 4.83. The number of hydrogen-bond donors (Lipinski definition) is 1. The number of hydrazone groups is 1. The highest BCUT2D eigenvalue weighted by atomic mass is 32.2. The summed E-state index contributed by atoms with van der Waals surface area (Å²) >= 11 is 2.59. The maximum Gasteiger partial charge on any atom is 0.261 e. The minimum atomic E-state index is -0.393. The lowest BCUT2D eigenvalue weighted by atomic mass is 9.98. The highest BCUT2D eigenvalue weighted by Gasteiger charge is 2.33. The first kappa shape index (κ1) is 29.3. The molecular weight excluding hydrogens is 600 g/mol. The van der Waals surface area contributed by atoms with Gasteiger partial charge in [-0.3, -0.25) is 14.2 Å². The summed E-state index contributed by atoms with van der Waals surface area (Å²) in [4.78, 5) is 26.9. The van der Waals surface area contributed by atoms with Crippen molar-refractivity contribution in [1.82, 2.24) is 25.1 Å². The molecule has 0 saturated heterocycles. The van der Waals surface area contributed by atoms with Gasteiger partial charge in [0.1, 0.15) is 11.6 Å². The number of carbonyl (C=O) groups excluding carboxylic acids is 2. The van der Waals surface area contributed by atoms with Crippen molar-refractivity contribution in [2.24, 2.45) is 5.10 Å². The zero-order valence-electron chi connectivity index (χ0n) is 23.6. The van der Waals surface area contributed by atoms with Crippen molar-refractivity contribution in [2.75, 3.05) is 12.9 Å². The van der Waals surface area contributed by atoms with Crippen LogP contribution in [0.1, 0.15) is 39.1 Å². The molecule has 0 aliphatic carbocycles. The summed E-state index contributed by atoms with van der Waals surface area (Å²) in [5, 5.41) is 20.2. The van der Waals surface area contributed by atoms with Gasteiger partial charge in [0.2, 0.25) is 0 Å². The molecule has 1 N–H and O–H groups in total. The number of halogens is 1. The van der Waals surface area contributed by atoms with Crippen LogP contribution in [0.4, 0.5) is 4.39 Å². The number of ether oxygens (including phenoxy) is 1. The Morgan fingerprint density at radius 2 is 1.77 bits per heavy atom. The Hall–Kier alpha value is -4.81. The number of thioether (sulfide) groups is 1. The molecule has 2 amide bonds. The first-order chi connectivity index (χ1) is 21.5. The van der Waals surface area contributed by atoms with E-state index in [1.165, 1.54) is 40.2 Å². The van der Waals surface area contributed by atoms with Crippen molar-refractivity contribution in [1.29, 1.82) is 0 Å². The molecule has 0 radical (unpaired) electrons. The number of benzene rings is 3. The zero-order valence-corrected chi connectivity index (χ0v) is 25.2. The number of thiophene rings is 1. The zero-order chi connectivity index (χ0) is 30.5. The smallest absolute Gasteiger partial charge is 0.261 e. The van der Waals surface area contributed by atoms with Gasteiger partial charge in [0.25, 0.3) is 11.8 Å². The molecule has 0 spiro atoms. The van der Waals surface area contributed by atoms with Gasteiger partial charge in [-0.25, -0.2) is 9.40 Å². The fourth-order valence-corrected chi connectivity index (χ4v) is 6.30. The van der Waals surface area contributed by atoms with E-state index >= 15 is 0 Å². The van der Waals surface area contributed by atoms with Crippen LogP contribution in [0.3, 0.4) is 0 Å². The Balaban J connectivity index is 1.23. The Morgan fingerprint density at radius 1 is 1.00 bits per heavy atom. The summed E-state index contributed by atoms with van der Waals surface area (Å²) in [5.74, 6) is 0.505. The van der Waals surface area contributed by atoms with Crippen LogP contribution < -0.4 is 10.1 Å². The first-order valence-corrected chi connectivity index (χ1v) is 15.6. The number of amides is 2. The predicted molar refractivity (Wildman–Crippen MR) is 168 cm³/mol. The molecule has 12 heteroatoms. The largest absolute Gasteiger partial charge is 0.497 e. The average Bonchev–Trinajstić information content (AvgIpc) is 3.84. The predicted octanol–water partition coefficient (Wildman–Crippen LogP) is 5.88. The summed E-state index contributed by atoms with van der Waals surface area (Å²) in [5.41, 5.74) is 3.21. The molecule has 0 fully saturated rings. The Morgan fingerprint density at radius 3 is 2.48 bits per heavy atom. The van der Waals surface area contributed by atoms with Crippen molar-refractivity contribution in [3.8, 4) is 11.4 Å². The molecule has 0 saturated carbocycles. The molecule has 9 nitrogen and oxygen atoms in total. The topological polar surface area (TPSA) is 102 Å². The van der Waals surface area contributed by atoms with Gasteiger partial charge in [0.15, 0.2) is 11.0 Å². The van der Waals surface area contributed by atoms with Gasteiger partial charge in [0.05, 0.1) is 36.0 Å². The van der Waals surface area contributed by atoms with E-state index in [4.69, 9.17) is 9.84 Å². The molecule has 0 bridgehead atoms. The lowest BCUT2D eigenvalue weighted by molar-refractivity contribution is -0.130. The van der Waals surface area contributed by atoms with Crippen LogP contribution in [0.5, 0.6) is 5.75 Å². The molecule has 3 aromatic carbocycles. The van der Waals surface area contributed by atoms with E-state index < -0.39 is 6.04 Å². The van der Waals surface area contributed by atoms with Gasteiger partial charge in [-0.2, -0.15) is 5.10 Å². The molecule has 1 unspecified atom stereocenters. The third kappa shape index (κ3) is 6.41. The van der Waals surface area contributed by atoms with Gasteiger partial charge in [-0.05, 0) is 71.1 Å². The van der Waals surface area contributed by atoms with Gasteiger partial charge < -0.3 is 10.1 Å². The standard InChI is InChI=1S/C32H27FN6O3S2/c1-42-25-15-11-21(12-16-25)26-18-27(22-9-13-23(33)14-10-22)39(37-26)30(40)20-44-32-36-35-29(38(32)24-6-3-2-4-7-24)19-34-31(41)28-8-5-17-43-28/h2-17,27H,18-20H2,1H3,(H,34,41). The quantitative estimate of drug-likeness (QED) is 0.195. The molecule has 2 aromatic heterocycles. The van der Waals surface area contributed by atoms with Gasteiger partial charge in [-0.1, -0.05) is 48.2 Å². The van der Waals surface area contributed by atoms with Gasteiger partial charge >= 0.3 is 0 Å². The molecule has 6 rings (SSSR count). The minimum Gasteiger partial charge on any atom is -0.497 e. The van der Waals surface area contributed by atoms with E-state index in [9.17, 15) is 14.0 Å². The van der Waals surface area contributed by atoms with Crippen molar-refractivity contribution < 1.29 is 18.7 Å². The van der Waals surface area contributed by atoms with Crippen molar-refractivity contribution in [2.45, 2.75) is 24.2 Å². The lowest BCUT2D eigenvalue weighted by Crippen LogP contribution is -2.28. The lowest BCUT2D eigenvalue weighted by Gasteiger charge is -2.22. The number of para-hydroxylation sites is 1. The van der Waals surface area contributed by atoms with E-state index in [-0.39, 0.29) is 29.9 Å². The second kappa shape index (κ2) is 13.2. The molecule has 1 atom stereocenters. The van der Waals surface area contributed by atoms with Crippen LogP contribution in [0.25, 0.3) is 5.69 Å². The highest BCUT2D eigenvalue weighted by Crippen LogP contribution is 2.34. The van der Waals surface area contributed by atoms with Crippen molar-refractivity contribution in [3.05, 3.63) is 124 Å². The molecule has 1 aliphatic rings. The van der Waals surface area contributed by atoms with Crippen molar-refractivity contribution >= 4 is 40.6 Å². The maximum atomic E-state index is 13.7. The van der Waals surface area contributed by atoms with Gasteiger partial charge in [0, 0.05) is 12.1 Å². The van der Waals surface area contributed by atoms with Crippen molar-refractivity contribution in [3.63, 3.8) is 0 Å². The van der Waals surface area contributed by atoms with E-state index in [0.717, 1.165) is 28.3 Å². The van der Waals surface area contributed by atoms with Crippen LogP contribution in [0.15, 0.2) is 107 Å². The highest BCUT2D eigenvalue weighted by molar-refractivity contribution is 7.99. The number of aromatic nitrogens is 3. The molecule has 44 heavy (non-hydrogen) atoms. The van der Waals surface area contributed by atoms with Crippen LogP contribution in [-0.4, -0.2) is 50.2 Å². The normalized spacial score (nSPS) is 14.4. The van der Waals surface area contributed by atoms with Crippen LogP contribution in [-0.2, 0) is 11.3 Å². The number of rotatable bonds is 10. The molecule has 222 valence electrons. The molecule has 3 heterocycles. The van der Waals surface area contributed by atoms with Crippen LogP contribution in [0.2, 0.25) is 0 Å². The van der Waals surface area contributed by atoms with E-state index in [1.54, 1.807) is 25.3 Å². The minimum absolute atomic E-state index is 0.0314. The fraction of sp³-hybridized carbons (Fsp3) is 0.156. The second-order valence-electron chi connectivity index (χ2n) is 9.80. The summed E-state index contributed by atoms with van der Waals surface area (Å²) < 4.78 is 20.9. The second-order valence-corrected chi connectivity index (χ2v) is 11.7. The number of nitrogens with one attached hydrogen (secondary N) is 1. The van der Waals surface area contributed by atoms with E-state index in [0.29, 0.717) is 22.3 Å². The maximum absolute atomic E-state index is 13.7. The van der Waals surface area contributed by atoms with E-state index in [1.807, 2.05) is 70.6 Å². The Kier molecular flexibility index (Phi) is 8.80. The first-order valence-electron chi connectivity index (χ1n) is 13.7. The summed E-state index contributed by atoms with van der Waals surface area (Å²) in [7, 11) is 1.60. The number of nitrogens with zero attached hydrogens (tertiary/aromatic N) is 5. The summed E-state index contributed by atoms with van der Waals surface area (Å²) in [6, 6.07) is 26.4. The SMILES string of the molecule is COc1ccc(C2=NN(C(=O)CSc3nnc(CNC(=O)c4cccs4)n3-c3ccccc3)C(c3ccc(F)cc3)C2)cc1. The monoisotopic (exact) mass is 626 g/mol. The van der Waals surface area contributed by atoms with E-state index in [2.05, 4.69) is 15.5 Å². The molecule has 5 aromatic rings. The van der Waals surface area contributed by atoms with Crippen LogP contribution in [0, 0.1) is 5.82 Å². The third-order valence-corrected chi connectivity index (χ3v) is 8.82. The summed E-state index contributed by atoms with van der Waals surface area (Å²) in [6.45, 7) is 0.154. The Bertz CT molecular complexity index is 1780. The number of carbonyl (C=O) groups is 2. The number of methoxy groups -OCH3 is 1. The summed E-state index contributed by atoms with van der Waals surface area (Å²) in [6.07, 6.45) is 0.475. The van der Waals surface area contributed by atoms with Crippen LogP contribution >= 0.6 is 23.1 Å². The third-order valence-electron chi connectivity index (χ3n) is 7.04. The van der Waals surface area contributed by atoms with Gasteiger partial charge in [-0.15, -0.1) is 21.5 Å². The molecule has 1 aliphatic heterocycles. The average molecular weight is 627 g/mol.